The predicted octanol–water partition coefficient (Wildman–Crippen LogP) is 5.01. The lowest BCUT2D eigenvalue weighted by atomic mass is 9.87. The summed E-state index contributed by atoms with van der Waals surface area (Å²) in [6.45, 7) is 4.40. The molecule has 2 aliphatic heterocycles. The minimum absolute atomic E-state index is 0.0385. The average Bonchev–Trinajstić information content (AvgIpc) is 3.40. The highest BCUT2D eigenvalue weighted by atomic mass is 16.1. The van der Waals surface area contributed by atoms with E-state index in [9.17, 15) is 4.79 Å². The topological polar surface area (TPSA) is 35.6 Å². The van der Waals surface area contributed by atoms with E-state index >= 15 is 0 Å². The van der Waals surface area contributed by atoms with Crippen molar-refractivity contribution in [2.75, 3.05) is 31.1 Å². The van der Waals surface area contributed by atoms with Crippen LogP contribution in [0.4, 0.5) is 5.69 Å². The Kier molecular flexibility index (Phi) is 6.77. The van der Waals surface area contributed by atoms with Crippen LogP contribution in [0.2, 0.25) is 0 Å². The van der Waals surface area contributed by atoms with Gasteiger partial charge in [0.1, 0.15) is 0 Å². The third-order valence-electron chi connectivity index (χ3n) is 7.78. The molecule has 0 bridgehead atoms. The standard InChI is InChI=1S/C28H36N3O/c32-28(23-9-2-1-3-10-23)29-24-11-8-18-31(21-24)27-15-7-6-14-26(27)22-16-19-30(20-17-22)25-12-4-5-13-25/h1-3,6-7,9-10,15,22,24-25H,4-5,8,11-13,16-21H2,(H,29,32)/t24-/m1/s1. The third kappa shape index (κ3) is 4.85. The maximum absolute atomic E-state index is 12.7. The summed E-state index contributed by atoms with van der Waals surface area (Å²) in [6.07, 6.45) is 10.3. The fraction of sp³-hybridized carbons (Fsp3) is 0.536. The molecule has 0 aromatic heterocycles. The molecule has 5 rings (SSSR count). The molecule has 1 atom stereocenters. The first-order valence-electron chi connectivity index (χ1n) is 12.6. The van der Waals surface area contributed by atoms with Crippen LogP contribution in [0.25, 0.3) is 0 Å². The second kappa shape index (κ2) is 10.1. The van der Waals surface area contributed by atoms with Gasteiger partial charge in [-0.3, -0.25) is 4.79 Å². The van der Waals surface area contributed by atoms with Gasteiger partial charge in [0.25, 0.3) is 5.91 Å². The lowest BCUT2D eigenvalue weighted by Crippen LogP contribution is -2.48. The van der Waals surface area contributed by atoms with Gasteiger partial charge in [0.05, 0.1) is 0 Å². The van der Waals surface area contributed by atoms with Gasteiger partial charge < -0.3 is 15.1 Å². The molecule has 32 heavy (non-hydrogen) atoms. The molecule has 0 unspecified atom stereocenters. The van der Waals surface area contributed by atoms with Crippen LogP contribution in [0, 0.1) is 6.07 Å². The van der Waals surface area contributed by atoms with Gasteiger partial charge >= 0.3 is 0 Å². The van der Waals surface area contributed by atoms with Gasteiger partial charge in [-0.05, 0) is 87.4 Å². The monoisotopic (exact) mass is 430 g/mol. The molecular weight excluding hydrogens is 394 g/mol. The second-order valence-corrected chi connectivity index (χ2v) is 9.84. The van der Waals surface area contributed by atoms with Gasteiger partial charge in [0, 0.05) is 36.4 Å². The highest BCUT2D eigenvalue weighted by molar-refractivity contribution is 5.94. The lowest BCUT2D eigenvalue weighted by Gasteiger charge is -2.39. The Labute approximate surface area is 193 Å². The first-order valence-corrected chi connectivity index (χ1v) is 12.6. The van der Waals surface area contributed by atoms with Gasteiger partial charge in [-0.1, -0.05) is 43.2 Å². The average molecular weight is 431 g/mol. The maximum atomic E-state index is 12.7. The first kappa shape index (κ1) is 21.5. The van der Waals surface area contributed by atoms with E-state index in [1.54, 1.807) is 0 Å². The molecule has 1 saturated carbocycles. The van der Waals surface area contributed by atoms with Crippen LogP contribution in [-0.2, 0) is 0 Å². The van der Waals surface area contributed by atoms with Crippen molar-refractivity contribution in [3.8, 4) is 0 Å². The van der Waals surface area contributed by atoms with Crippen molar-refractivity contribution in [1.29, 1.82) is 0 Å². The summed E-state index contributed by atoms with van der Waals surface area (Å²) in [6, 6.07) is 20.7. The van der Waals surface area contributed by atoms with Crippen LogP contribution < -0.4 is 10.2 Å². The highest BCUT2D eigenvalue weighted by Gasteiger charge is 2.30. The predicted molar refractivity (Wildman–Crippen MR) is 130 cm³/mol. The van der Waals surface area contributed by atoms with Crippen LogP contribution >= 0.6 is 0 Å². The number of amides is 1. The molecule has 3 fully saturated rings. The molecule has 2 aromatic carbocycles. The molecule has 1 radical (unpaired) electrons. The molecule has 0 spiro atoms. The van der Waals surface area contributed by atoms with E-state index in [0.29, 0.717) is 5.92 Å². The highest BCUT2D eigenvalue weighted by Crippen LogP contribution is 2.37. The summed E-state index contributed by atoms with van der Waals surface area (Å²) in [5.41, 5.74) is 3.48. The van der Waals surface area contributed by atoms with Crippen molar-refractivity contribution in [1.82, 2.24) is 10.2 Å². The zero-order valence-corrected chi connectivity index (χ0v) is 19.1. The van der Waals surface area contributed by atoms with Crippen molar-refractivity contribution in [3.63, 3.8) is 0 Å². The van der Waals surface area contributed by atoms with Crippen molar-refractivity contribution < 1.29 is 4.79 Å². The number of rotatable bonds is 5. The van der Waals surface area contributed by atoms with Crippen LogP contribution in [-0.4, -0.2) is 49.1 Å². The number of likely N-dealkylation sites (tertiary alicyclic amines) is 1. The number of hydrogen-bond donors (Lipinski definition) is 1. The summed E-state index contributed by atoms with van der Waals surface area (Å²) in [5, 5.41) is 3.27. The Morgan fingerprint density at radius 1 is 0.875 bits per heavy atom. The number of nitrogens with one attached hydrogen (secondary N) is 1. The molecule has 2 heterocycles. The molecule has 2 saturated heterocycles. The van der Waals surface area contributed by atoms with Crippen LogP contribution in [0.15, 0.2) is 48.5 Å². The van der Waals surface area contributed by atoms with E-state index < -0.39 is 0 Å². The quantitative estimate of drug-likeness (QED) is 0.724. The number of benzene rings is 2. The van der Waals surface area contributed by atoms with Gasteiger partial charge in [0.2, 0.25) is 0 Å². The van der Waals surface area contributed by atoms with Crippen molar-refractivity contribution in [3.05, 3.63) is 65.7 Å². The molecule has 1 amide bonds. The van der Waals surface area contributed by atoms with E-state index in [-0.39, 0.29) is 11.9 Å². The van der Waals surface area contributed by atoms with Crippen LogP contribution in [0.5, 0.6) is 0 Å². The van der Waals surface area contributed by atoms with Gasteiger partial charge in [0.15, 0.2) is 0 Å². The summed E-state index contributed by atoms with van der Waals surface area (Å²) >= 11 is 0. The maximum Gasteiger partial charge on any atom is 0.251 e. The van der Waals surface area contributed by atoms with Crippen molar-refractivity contribution >= 4 is 11.6 Å². The molecule has 4 nitrogen and oxygen atoms in total. The Hall–Kier alpha value is -2.33. The Morgan fingerprint density at radius 2 is 1.66 bits per heavy atom. The molecule has 4 heteroatoms. The number of carbonyl (C=O) groups excluding carboxylic acids is 1. The summed E-state index contributed by atoms with van der Waals surface area (Å²) in [4.78, 5) is 17.9. The fourth-order valence-corrected chi connectivity index (χ4v) is 6.04. The third-order valence-corrected chi connectivity index (χ3v) is 7.78. The summed E-state index contributed by atoms with van der Waals surface area (Å²) < 4.78 is 0. The number of piperidine rings is 2. The van der Waals surface area contributed by atoms with Crippen LogP contribution in [0.1, 0.15) is 73.2 Å². The van der Waals surface area contributed by atoms with Gasteiger partial charge in [-0.15, -0.1) is 0 Å². The zero-order valence-electron chi connectivity index (χ0n) is 19.1. The van der Waals surface area contributed by atoms with Crippen molar-refractivity contribution in [2.45, 2.75) is 69.4 Å². The number of hydrogen-bond acceptors (Lipinski definition) is 3. The minimum atomic E-state index is 0.0385. The Bertz CT molecular complexity index is 885. The van der Waals surface area contributed by atoms with E-state index in [1.807, 2.05) is 30.3 Å². The van der Waals surface area contributed by atoms with Crippen LogP contribution in [0.3, 0.4) is 0 Å². The van der Waals surface area contributed by atoms with Gasteiger partial charge in [-0.25, -0.2) is 0 Å². The zero-order chi connectivity index (χ0) is 21.8. The largest absolute Gasteiger partial charge is 0.369 e. The van der Waals surface area contributed by atoms with E-state index in [0.717, 1.165) is 37.5 Å². The number of nitrogens with zero attached hydrogens (tertiary/aromatic N) is 2. The smallest absolute Gasteiger partial charge is 0.251 e. The minimum Gasteiger partial charge on any atom is -0.369 e. The second-order valence-electron chi connectivity index (χ2n) is 9.84. The number of carbonyl (C=O) groups is 1. The number of anilines is 1. The normalized spacial score (nSPS) is 23.4. The molecule has 169 valence electrons. The first-order chi connectivity index (χ1) is 15.8. The molecule has 1 aliphatic carbocycles. The SMILES string of the molecule is O=C(N[C@@H]1CCCN(c2ccc[c]c2C2CCN(C3CCCC3)CC2)C1)c1ccccc1. The lowest BCUT2D eigenvalue weighted by molar-refractivity contribution is 0.0933. The Morgan fingerprint density at radius 3 is 2.44 bits per heavy atom. The van der Waals surface area contributed by atoms with Gasteiger partial charge in [-0.2, -0.15) is 0 Å². The molecule has 2 aromatic rings. The molecule has 1 N–H and O–H groups in total. The Balaban J connectivity index is 1.23. The summed E-state index contributed by atoms with van der Waals surface area (Å²) in [5.74, 6) is 0.639. The van der Waals surface area contributed by atoms with E-state index in [4.69, 9.17) is 0 Å². The molecular formula is C28H36N3O. The van der Waals surface area contributed by atoms with Crippen molar-refractivity contribution in [2.24, 2.45) is 0 Å². The fourth-order valence-electron chi connectivity index (χ4n) is 6.04. The molecule has 3 aliphatic rings. The van der Waals surface area contributed by atoms with E-state index in [2.05, 4.69) is 39.4 Å². The summed E-state index contributed by atoms with van der Waals surface area (Å²) in [7, 11) is 0. The van der Waals surface area contributed by atoms with E-state index in [1.165, 1.54) is 62.9 Å².